The molecule has 0 saturated carbocycles. The van der Waals surface area contributed by atoms with Crippen molar-refractivity contribution in [3.8, 4) is 0 Å². The molecule has 19 heavy (non-hydrogen) atoms. The lowest BCUT2D eigenvalue weighted by Crippen LogP contribution is -2.54. The van der Waals surface area contributed by atoms with Gasteiger partial charge in [0.1, 0.15) is 18.3 Å². The summed E-state index contributed by atoms with van der Waals surface area (Å²) in [4.78, 5) is 10.9. The standard InChI is InChI=1S/C10H14O9/c11-3-1-17-10(8(15)5(3)12)18-2-4-6(13)7(14)9(16)19-4/h3-5,8,10-15H,1-2H2. The molecule has 2 aliphatic heterocycles. The number of hydrogen-bond acceptors (Lipinski definition) is 9. The van der Waals surface area contributed by atoms with E-state index in [4.69, 9.17) is 14.6 Å². The van der Waals surface area contributed by atoms with Crippen molar-refractivity contribution in [1.82, 2.24) is 0 Å². The van der Waals surface area contributed by atoms with Gasteiger partial charge < -0.3 is 39.7 Å². The van der Waals surface area contributed by atoms with E-state index in [0.29, 0.717) is 0 Å². The van der Waals surface area contributed by atoms with E-state index in [-0.39, 0.29) is 13.2 Å². The largest absolute Gasteiger partial charge is 0.505 e. The van der Waals surface area contributed by atoms with E-state index in [1.807, 2.05) is 0 Å². The summed E-state index contributed by atoms with van der Waals surface area (Å²) in [6.07, 6.45) is -6.58. The first-order valence-electron chi connectivity index (χ1n) is 5.52. The van der Waals surface area contributed by atoms with Gasteiger partial charge in [-0.05, 0) is 0 Å². The van der Waals surface area contributed by atoms with Gasteiger partial charge in [0.25, 0.3) is 0 Å². The Labute approximate surface area is 107 Å². The Morgan fingerprint density at radius 1 is 1.21 bits per heavy atom. The molecular weight excluding hydrogens is 264 g/mol. The molecule has 0 radical (unpaired) electrons. The number of aliphatic hydroxyl groups excluding tert-OH is 5. The fourth-order valence-corrected chi connectivity index (χ4v) is 1.72. The topological polar surface area (TPSA) is 146 Å². The first kappa shape index (κ1) is 14.0. The van der Waals surface area contributed by atoms with Crippen molar-refractivity contribution in [3.05, 3.63) is 11.5 Å². The zero-order chi connectivity index (χ0) is 14.2. The van der Waals surface area contributed by atoms with Crippen molar-refractivity contribution >= 4 is 5.97 Å². The number of carbonyl (C=O) groups is 1. The Balaban J connectivity index is 1.88. The van der Waals surface area contributed by atoms with Gasteiger partial charge in [-0.2, -0.15) is 0 Å². The molecule has 9 nitrogen and oxygen atoms in total. The number of ether oxygens (including phenoxy) is 3. The van der Waals surface area contributed by atoms with Crippen LogP contribution in [-0.2, 0) is 19.0 Å². The lowest BCUT2D eigenvalue weighted by Gasteiger charge is -2.35. The predicted octanol–water partition coefficient (Wildman–Crippen LogP) is -2.30. The number of rotatable bonds is 3. The fourth-order valence-electron chi connectivity index (χ4n) is 1.72. The Morgan fingerprint density at radius 3 is 2.47 bits per heavy atom. The Morgan fingerprint density at radius 2 is 1.89 bits per heavy atom. The molecule has 9 heteroatoms. The normalized spacial score (nSPS) is 39.5. The van der Waals surface area contributed by atoms with E-state index < -0.39 is 48.2 Å². The van der Waals surface area contributed by atoms with Crippen LogP contribution < -0.4 is 0 Å². The summed E-state index contributed by atoms with van der Waals surface area (Å²) < 4.78 is 14.6. The molecule has 0 aromatic rings. The SMILES string of the molecule is O=C1OC(COC2OCC(O)C(O)C2O)C(O)=C1O. The zero-order valence-electron chi connectivity index (χ0n) is 9.67. The molecular formula is C10H14O9. The Bertz CT molecular complexity index is 392. The summed E-state index contributed by atoms with van der Waals surface area (Å²) in [6, 6.07) is 0. The van der Waals surface area contributed by atoms with E-state index in [2.05, 4.69) is 4.74 Å². The maximum absolute atomic E-state index is 10.9. The highest BCUT2D eigenvalue weighted by molar-refractivity contribution is 5.89. The summed E-state index contributed by atoms with van der Waals surface area (Å²) in [7, 11) is 0. The minimum absolute atomic E-state index is 0.236. The third-order valence-corrected chi connectivity index (χ3v) is 2.86. The van der Waals surface area contributed by atoms with Gasteiger partial charge in [0, 0.05) is 0 Å². The van der Waals surface area contributed by atoms with E-state index in [9.17, 15) is 25.2 Å². The second-order valence-corrected chi connectivity index (χ2v) is 4.21. The van der Waals surface area contributed by atoms with E-state index in [1.54, 1.807) is 0 Å². The van der Waals surface area contributed by atoms with E-state index >= 15 is 0 Å². The van der Waals surface area contributed by atoms with Gasteiger partial charge in [-0.3, -0.25) is 0 Å². The van der Waals surface area contributed by atoms with Crippen molar-refractivity contribution in [2.24, 2.45) is 0 Å². The van der Waals surface area contributed by atoms with Crippen LogP contribution in [0.3, 0.4) is 0 Å². The molecule has 1 saturated heterocycles. The van der Waals surface area contributed by atoms with Crippen LogP contribution in [0.4, 0.5) is 0 Å². The van der Waals surface area contributed by atoms with E-state index in [0.717, 1.165) is 0 Å². The molecule has 5 atom stereocenters. The summed E-state index contributed by atoms with van der Waals surface area (Å²) >= 11 is 0. The molecule has 0 aliphatic carbocycles. The molecule has 0 amide bonds. The van der Waals surface area contributed by atoms with Crippen molar-refractivity contribution in [2.45, 2.75) is 30.7 Å². The predicted molar refractivity (Wildman–Crippen MR) is 55.9 cm³/mol. The molecule has 5 unspecified atom stereocenters. The minimum atomic E-state index is -1.49. The minimum Gasteiger partial charge on any atom is -0.505 e. The number of esters is 1. The highest BCUT2D eigenvalue weighted by Crippen LogP contribution is 2.21. The first-order chi connectivity index (χ1) is 8.91. The van der Waals surface area contributed by atoms with Crippen LogP contribution in [0.25, 0.3) is 0 Å². The molecule has 0 bridgehead atoms. The lowest BCUT2D eigenvalue weighted by atomic mass is 10.1. The maximum Gasteiger partial charge on any atom is 0.377 e. The maximum atomic E-state index is 10.9. The van der Waals surface area contributed by atoms with Gasteiger partial charge >= 0.3 is 5.97 Å². The second kappa shape index (κ2) is 5.31. The van der Waals surface area contributed by atoms with Crippen LogP contribution in [0.2, 0.25) is 0 Å². The van der Waals surface area contributed by atoms with Crippen LogP contribution in [-0.4, -0.2) is 75.4 Å². The summed E-state index contributed by atoms with van der Waals surface area (Å²) in [5.74, 6) is -2.64. The van der Waals surface area contributed by atoms with Gasteiger partial charge in [-0.1, -0.05) is 0 Å². The molecule has 108 valence electrons. The van der Waals surface area contributed by atoms with Crippen molar-refractivity contribution in [1.29, 1.82) is 0 Å². The molecule has 2 aliphatic rings. The summed E-state index contributed by atoms with van der Waals surface area (Å²) in [6.45, 7) is -0.618. The highest BCUT2D eigenvalue weighted by atomic mass is 16.7. The molecule has 0 spiro atoms. The Hall–Kier alpha value is -1.39. The highest BCUT2D eigenvalue weighted by Gasteiger charge is 2.40. The Kier molecular flexibility index (Phi) is 3.92. The average Bonchev–Trinajstić information content (AvgIpc) is 2.63. The van der Waals surface area contributed by atoms with Crippen LogP contribution in [0.1, 0.15) is 0 Å². The lowest BCUT2D eigenvalue weighted by molar-refractivity contribution is -0.274. The molecule has 0 aromatic heterocycles. The van der Waals surface area contributed by atoms with Crippen LogP contribution >= 0.6 is 0 Å². The monoisotopic (exact) mass is 278 g/mol. The van der Waals surface area contributed by atoms with Crippen molar-refractivity contribution < 1.29 is 44.5 Å². The van der Waals surface area contributed by atoms with Gasteiger partial charge in [-0.25, -0.2) is 4.79 Å². The first-order valence-corrected chi connectivity index (χ1v) is 5.52. The number of hydrogen-bond donors (Lipinski definition) is 5. The molecule has 1 fully saturated rings. The van der Waals surface area contributed by atoms with Crippen LogP contribution in [0.5, 0.6) is 0 Å². The third kappa shape index (κ3) is 2.65. The van der Waals surface area contributed by atoms with Gasteiger partial charge in [-0.15, -0.1) is 0 Å². The molecule has 0 aromatic carbocycles. The molecule has 2 rings (SSSR count). The van der Waals surface area contributed by atoms with E-state index in [1.165, 1.54) is 0 Å². The third-order valence-electron chi connectivity index (χ3n) is 2.86. The van der Waals surface area contributed by atoms with Gasteiger partial charge in [0.05, 0.1) is 13.2 Å². The zero-order valence-corrected chi connectivity index (χ0v) is 9.67. The van der Waals surface area contributed by atoms with Crippen molar-refractivity contribution in [2.75, 3.05) is 13.2 Å². The summed E-state index contributed by atoms with van der Waals surface area (Å²) in [5, 5.41) is 46.6. The van der Waals surface area contributed by atoms with Crippen LogP contribution in [0, 0.1) is 0 Å². The van der Waals surface area contributed by atoms with Crippen molar-refractivity contribution in [3.63, 3.8) is 0 Å². The number of cyclic esters (lactones) is 1. The van der Waals surface area contributed by atoms with Gasteiger partial charge in [0.2, 0.25) is 5.76 Å². The molecule has 5 N–H and O–H groups in total. The number of aliphatic hydroxyl groups is 5. The molecule has 2 heterocycles. The average molecular weight is 278 g/mol. The quantitative estimate of drug-likeness (QED) is 0.359. The fraction of sp³-hybridized carbons (Fsp3) is 0.700. The number of carbonyl (C=O) groups excluding carboxylic acids is 1. The van der Waals surface area contributed by atoms with Gasteiger partial charge in [0.15, 0.2) is 18.2 Å². The smallest absolute Gasteiger partial charge is 0.377 e. The second-order valence-electron chi connectivity index (χ2n) is 4.21. The van der Waals surface area contributed by atoms with Crippen LogP contribution in [0.15, 0.2) is 11.5 Å². The summed E-state index contributed by atoms with van der Waals surface area (Å²) in [5.41, 5.74) is 0.